The first kappa shape index (κ1) is 14.9. The molecule has 0 amide bonds. The van der Waals surface area contributed by atoms with Gasteiger partial charge >= 0.3 is 0 Å². The molecule has 0 spiro atoms. The van der Waals surface area contributed by atoms with Gasteiger partial charge in [0.25, 0.3) is 0 Å². The Labute approximate surface area is 106 Å². The van der Waals surface area contributed by atoms with Crippen LogP contribution >= 0.6 is 0 Å². The van der Waals surface area contributed by atoms with Crippen molar-refractivity contribution in [1.29, 1.82) is 0 Å². The van der Waals surface area contributed by atoms with Crippen LogP contribution in [-0.2, 0) is 0 Å². The third-order valence-electron chi connectivity index (χ3n) is 3.85. The number of aliphatic hydroxyl groups excluding tert-OH is 1. The zero-order valence-corrected chi connectivity index (χ0v) is 11.4. The summed E-state index contributed by atoms with van der Waals surface area (Å²) >= 11 is 0. The highest BCUT2D eigenvalue weighted by atomic mass is 16.3. The molecule has 1 saturated carbocycles. The lowest BCUT2D eigenvalue weighted by Gasteiger charge is -2.33. The fourth-order valence-corrected chi connectivity index (χ4v) is 2.80. The van der Waals surface area contributed by atoms with Crippen molar-refractivity contribution in [2.24, 2.45) is 11.7 Å². The average molecular weight is 242 g/mol. The maximum Gasteiger partial charge on any atom is 0.0468 e. The first-order valence-corrected chi connectivity index (χ1v) is 7.33. The second kappa shape index (κ2) is 8.90. The lowest BCUT2D eigenvalue weighted by atomic mass is 10.0. The van der Waals surface area contributed by atoms with Crippen molar-refractivity contribution < 1.29 is 5.11 Å². The lowest BCUT2D eigenvalue weighted by molar-refractivity contribution is 0.126. The Balaban J connectivity index is 2.46. The number of aliphatic hydroxyl groups is 1. The van der Waals surface area contributed by atoms with Crippen LogP contribution in [0.15, 0.2) is 0 Å². The zero-order chi connectivity index (χ0) is 12.5. The minimum atomic E-state index is 0.297. The molecule has 3 nitrogen and oxygen atoms in total. The molecule has 1 unspecified atom stereocenters. The molecule has 0 aromatic rings. The van der Waals surface area contributed by atoms with E-state index in [4.69, 9.17) is 5.73 Å². The van der Waals surface area contributed by atoms with E-state index in [9.17, 15) is 5.11 Å². The first-order chi connectivity index (χ1) is 8.27. The Morgan fingerprint density at radius 2 is 1.88 bits per heavy atom. The molecule has 0 aromatic carbocycles. The van der Waals surface area contributed by atoms with E-state index in [-0.39, 0.29) is 0 Å². The molecule has 17 heavy (non-hydrogen) atoms. The van der Waals surface area contributed by atoms with Gasteiger partial charge in [0.15, 0.2) is 0 Å². The van der Waals surface area contributed by atoms with Gasteiger partial charge in [-0.05, 0) is 38.3 Å². The lowest BCUT2D eigenvalue weighted by Crippen LogP contribution is -2.40. The summed E-state index contributed by atoms with van der Waals surface area (Å²) in [5.41, 5.74) is 5.62. The number of hydrogen-bond acceptors (Lipinski definition) is 3. The number of nitrogens with zero attached hydrogens (tertiary/aromatic N) is 1. The molecule has 1 rings (SSSR count). The third kappa shape index (κ3) is 5.84. The summed E-state index contributed by atoms with van der Waals surface area (Å²) in [4.78, 5) is 2.58. The van der Waals surface area contributed by atoms with Gasteiger partial charge in [-0.25, -0.2) is 0 Å². The van der Waals surface area contributed by atoms with Gasteiger partial charge in [-0.15, -0.1) is 0 Å². The summed E-state index contributed by atoms with van der Waals surface area (Å²) in [6.07, 6.45) is 9.29. The van der Waals surface area contributed by atoms with Gasteiger partial charge in [0, 0.05) is 19.2 Å². The van der Waals surface area contributed by atoms with Gasteiger partial charge < -0.3 is 10.8 Å². The zero-order valence-electron chi connectivity index (χ0n) is 11.4. The van der Waals surface area contributed by atoms with E-state index in [2.05, 4.69) is 11.8 Å². The maximum absolute atomic E-state index is 9.21. The monoisotopic (exact) mass is 242 g/mol. The van der Waals surface area contributed by atoms with Crippen molar-refractivity contribution >= 4 is 0 Å². The van der Waals surface area contributed by atoms with Crippen LogP contribution in [0.4, 0.5) is 0 Å². The predicted octanol–water partition coefficient (Wildman–Crippen LogP) is 1.99. The molecule has 0 aromatic heterocycles. The second-order valence-electron chi connectivity index (χ2n) is 5.57. The minimum Gasteiger partial charge on any atom is -0.396 e. The molecule has 102 valence electrons. The van der Waals surface area contributed by atoms with Crippen LogP contribution in [0.1, 0.15) is 51.9 Å². The summed E-state index contributed by atoms with van der Waals surface area (Å²) in [6, 6.07) is 0.734. The Morgan fingerprint density at radius 3 is 2.41 bits per heavy atom. The van der Waals surface area contributed by atoms with Gasteiger partial charge in [-0.3, -0.25) is 4.90 Å². The molecule has 0 saturated heterocycles. The van der Waals surface area contributed by atoms with Crippen molar-refractivity contribution in [3.8, 4) is 0 Å². The standard InChI is InChI=1S/C14H30N2O/c1-13(12-17)11-16(10-6-9-15)14-7-4-2-3-5-8-14/h13-14,17H,2-12,15H2,1H3. The molecule has 0 heterocycles. The van der Waals surface area contributed by atoms with Gasteiger partial charge in [0.1, 0.15) is 0 Å². The van der Waals surface area contributed by atoms with Crippen LogP contribution in [0.5, 0.6) is 0 Å². The SMILES string of the molecule is CC(CO)CN(CCCN)C1CCCCCC1. The fourth-order valence-electron chi connectivity index (χ4n) is 2.80. The Morgan fingerprint density at radius 1 is 1.24 bits per heavy atom. The predicted molar refractivity (Wildman–Crippen MR) is 73.0 cm³/mol. The van der Waals surface area contributed by atoms with E-state index in [0.29, 0.717) is 12.5 Å². The van der Waals surface area contributed by atoms with E-state index in [1.807, 2.05) is 0 Å². The van der Waals surface area contributed by atoms with E-state index in [0.717, 1.165) is 32.1 Å². The Bertz CT molecular complexity index is 179. The third-order valence-corrected chi connectivity index (χ3v) is 3.85. The van der Waals surface area contributed by atoms with E-state index in [1.165, 1.54) is 38.5 Å². The molecule has 3 heteroatoms. The van der Waals surface area contributed by atoms with Crippen LogP contribution in [0, 0.1) is 5.92 Å². The largest absolute Gasteiger partial charge is 0.396 e. The summed E-state index contributed by atoms with van der Waals surface area (Å²) in [6.45, 7) is 5.33. The van der Waals surface area contributed by atoms with E-state index < -0.39 is 0 Å². The van der Waals surface area contributed by atoms with Gasteiger partial charge in [0.05, 0.1) is 0 Å². The molecular weight excluding hydrogens is 212 g/mol. The van der Waals surface area contributed by atoms with Crippen molar-refractivity contribution in [3.05, 3.63) is 0 Å². The normalized spacial score (nSPS) is 20.5. The van der Waals surface area contributed by atoms with Crippen molar-refractivity contribution in [3.63, 3.8) is 0 Å². The quantitative estimate of drug-likeness (QED) is 0.671. The second-order valence-corrected chi connectivity index (χ2v) is 5.57. The van der Waals surface area contributed by atoms with E-state index in [1.54, 1.807) is 0 Å². The summed E-state index contributed by atoms with van der Waals surface area (Å²) in [5.74, 6) is 0.385. The molecule has 1 aliphatic carbocycles. The number of rotatable bonds is 7. The highest BCUT2D eigenvalue weighted by Gasteiger charge is 2.20. The number of hydrogen-bond donors (Lipinski definition) is 2. The van der Waals surface area contributed by atoms with Crippen molar-refractivity contribution in [2.75, 3.05) is 26.2 Å². The highest BCUT2D eigenvalue weighted by Crippen LogP contribution is 2.22. The summed E-state index contributed by atoms with van der Waals surface area (Å²) in [7, 11) is 0. The van der Waals surface area contributed by atoms with E-state index >= 15 is 0 Å². The topological polar surface area (TPSA) is 49.5 Å². The molecule has 0 aliphatic heterocycles. The molecule has 0 bridgehead atoms. The molecule has 1 aliphatic rings. The fraction of sp³-hybridized carbons (Fsp3) is 1.00. The number of nitrogens with two attached hydrogens (primary N) is 1. The van der Waals surface area contributed by atoms with Crippen LogP contribution in [0.2, 0.25) is 0 Å². The molecule has 3 N–H and O–H groups in total. The molecule has 1 fully saturated rings. The highest BCUT2D eigenvalue weighted by molar-refractivity contribution is 4.76. The minimum absolute atomic E-state index is 0.297. The van der Waals surface area contributed by atoms with Crippen LogP contribution in [-0.4, -0.2) is 42.3 Å². The Hall–Kier alpha value is -0.120. The van der Waals surface area contributed by atoms with Crippen LogP contribution in [0.3, 0.4) is 0 Å². The average Bonchev–Trinajstić information content (AvgIpc) is 2.62. The van der Waals surface area contributed by atoms with Crippen molar-refractivity contribution in [2.45, 2.75) is 57.9 Å². The van der Waals surface area contributed by atoms with Gasteiger partial charge in [-0.1, -0.05) is 32.6 Å². The summed E-state index contributed by atoms with van der Waals surface area (Å²) in [5, 5.41) is 9.21. The molecule has 1 atom stereocenters. The Kier molecular flexibility index (Phi) is 7.82. The smallest absolute Gasteiger partial charge is 0.0468 e. The maximum atomic E-state index is 9.21. The summed E-state index contributed by atoms with van der Waals surface area (Å²) < 4.78 is 0. The molecular formula is C14H30N2O. The van der Waals surface area contributed by atoms with Crippen LogP contribution in [0.25, 0.3) is 0 Å². The first-order valence-electron chi connectivity index (χ1n) is 7.33. The van der Waals surface area contributed by atoms with Crippen LogP contribution < -0.4 is 5.73 Å². The molecule has 0 radical (unpaired) electrons. The van der Waals surface area contributed by atoms with Gasteiger partial charge in [0.2, 0.25) is 0 Å². The van der Waals surface area contributed by atoms with Crippen molar-refractivity contribution in [1.82, 2.24) is 4.90 Å². The van der Waals surface area contributed by atoms with Gasteiger partial charge in [-0.2, -0.15) is 0 Å².